The van der Waals surface area contributed by atoms with Gasteiger partial charge in [-0.15, -0.1) is 0 Å². The van der Waals surface area contributed by atoms with Crippen LogP contribution in [0, 0.1) is 19.8 Å². The van der Waals surface area contributed by atoms with Crippen molar-refractivity contribution in [1.82, 2.24) is 0 Å². The topological polar surface area (TPSA) is 46.5 Å². The van der Waals surface area contributed by atoms with Crippen molar-refractivity contribution in [3.8, 4) is 11.1 Å². The largest absolute Gasteiger partial charge is 0.507 e. The lowest BCUT2D eigenvalue weighted by molar-refractivity contribution is -0.194. The molecule has 1 spiro atoms. The molecule has 0 bridgehead atoms. The molecule has 0 saturated heterocycles. The number of aliphatic hydroxyl groups is 1. The third-order valence-corrected chi connectivity index (χ3v) is 6.66. The van der Waals surface area contributed by atoms with Crippen LogP contribution in [0.5, 0.6) is 0 Å². The zero-order chi connectivity index (χ0) is 22.6. The van der Waals surface area contributed by atoms with E-state index in [-0.39, 0.29) is 37.0 Å². The molecule has 0 unspecified atom stereocenters. The molecule has 164 valence electrons. The van der Waals surface area contributed by atoms with Crippen LogP contribution in [0.4, 0.5) is 13.2 Å². The van der Waals surface area contributed by atoms with E-state index in [1.807, 2.05) is 38.1 Å². The zero-order valence-corrected chi connectivity index (χ0v) is 17.9. The molecule has 0 radical (unpaired) electrons. The maximum Gasteiger partial charge on any atom is 0.391 e. The lowest BCUT2D eigenvalue weighted by Crippen LogP contribution is -2.40. The summed E-state index contributed by atoms with van der Waals surface area (Å²) in [6, 6.07) is 11.1. The van der Waals surface area contributed by atoms with Crippen LogP contribution in [0.3, 0.4) is 0 Å². The van der Waals surface area contributed by atoms with Gasteiger partial charge in [0.2, 0.25) is 0 Å². The molecule has 2 aromatic carbocycles. The van der Waals surface area contributed by atoms with Gasteiger partial charge >= 0.3 is 12.1 Å². The first kappa shape index (κ1) is 21.8. The Morgan fingerprint density at radius 2 is 1.58 bits per heavy atom. The Hall–Kier alpha value is -2.47. The van der Waals surface area contributed by atoms with Crippen LogP contribution in [0.15, 0.2) is 42.2 Å². The molecular weight excluding hydrogens is 429 g/mol. The average molecular weight is 451 g/mol. The van der Waals surface area contributed by atoms with Crippen LogP contribution in [0.25, 0.3) is 16.7 Å². The maximum atomic E-state index is 13.0. The van der Waals surface area contributed by atoms with E-state index in [2.05, 4.69) is 0 Å². The molecule has 0 aromatic heterocycles. The third kappa shape index (κ3) is 3.82. The van der Waals surface area contributed by atoms with E-state index in [1.54, 1.807) is 12.1 Å². The predicted molar refractivity (Wildman–Crippen MR) is 113 cm³/mol. The normalized spacial score (nSPS) is 24.1. The van der Waals surface area contributed by atoms with Crippen LogP contribution in [0.2, 0.25) is 5.02 Å². The smallest absolute Gasteiger partial charge is 0.391 e. The van der Waals surface area contributed by atoms with Crippen molar-refractivity contribution in [2.75, 3.05) is 0 Å². The van der Waals surface area contributed by atoms with Gasteiger partial charge in [-0.05, 0) is 79.5 Å². The summed E-state index contributed by atoms with van der Waals surface area (Å²) in [6.45, 7) is 3.72. The highest BCUT2D eigenvalue weighted by Gasteiger charge is 2.54. The standard InChI is InChI=1S/C24H22ClF3O3/c1-13-12-19(14(2)11-18(13)15-3-5-17(25)6-4-15)20-21(29)23(31-22(20)30)9-7-16(8-10-23)24(26,27)28/h3-6,11-12,16,29H,7-10H2,1-2H3. The molecule has 1 heterocycles. The molecule has 3 nitrogen and oxygen atoms in total. The monoisotopic (exact) mass is 450 g/mol. The first-order valence-corrected chi connectivity index (χ1v) is 10.5. The second-order valence-corrected chi connectivity index (χ2v) is 8.85. The molecule has 7 heteroatoms. The summed E-state index contributed by atoms with van der Waals surface area (Å²) in [5.74, 6) is -2.37. The fourth-order valence-corrected chi connectivity index (χ4v) is 4.74. The summed E-state index contributed by atoms with van der Waals surface area (Å²) in [5.41, 5.74) is 2.80. The summed E-state index contributed by atoms with van der Waals surface area (Å²) in [7, 11) is 0. The summed E-state index contributed by atoms with van der Waals surface area (Å²) in [5, 5.41) is 11.6. The van der Waals surface area contributed by atoms with Crippen molar-refractivity contribution in [1.29, 1.82) is 0 Å². The molecule has 2 aromatic rings. The maximum absolute atomic E-state index is 13.0. The second kappa shape index (κ2) is 7.59. The number of esters is 1. The fourth-order valence-electron chi connectivity index (χ4n) is 4.62. The molecule has 0 atom stereocenters. The molecular formula is C24H22ClF3O3. The SMILES string of the molecule is Cc1cc(-c2ccc(Cl)cc2)c(C)cc1C1=C(O)C2(CCC(C(F)(F)F)CC2)OC1=O. The number of ether oxygens (including phenoxy) is 1. The average Bonchev–Trinajstić information content (AvgIpc) is 2.93. The van der Waals surface area contributed by atoms with Crippen molar-refractivity contribution in [3.63, 3.8) is 0 Å². The number of hydrogen-bond donors (Lipinski definition) is 1. The molecule has 1 aliphatic heterocycles. The number of aliphatic hydroxyl groups excluding tert-OH is 1. The Morgan fingerprint density at radius 3 is 2.16 bits per heavy atom. The predicted octanol–water partition coefficient (Wildman–Crippen LogP) is 6.94. The second-order valence-electron chi connectivity index (χ2n) is 8.41. The number of alkyl halides is 3. The number of rotatable bonds is 2. The van der Waals surface area contributed by atoms with Gasteiger partial charge in [0, 0.05) is 5.02 Å². The van der Waals surface area contributed by atoms with E-state index in [0.29, 0.717) is 10.6 Å². The Bertz CT molecular complexity index is 1060. The molecule has 2 aliphatic rings. The highest BCUT2D eigenvalue weighted by atomic mass is 35.5. The number of carbonyl (C=O) groups excluding carboxylic acids is 1. The van der Waals surface area contributed by atoms with Crippen LogP contribution >= 0.6 is 11.6 Å². The molecule has 4 rings (SSSR count). The lowest BCUT2D eigenvalue weighted by atomic mass is 9.77. The molecule has 1 aliphatic carbocycles. The van der Waals surface area contributed by atoms with Crippen molar-refractivity contribution >= 4 is 23.1 Å². The number of aryl methyl sites for hydroxylation is 2. The quantitative estimate of drug-likeness (QED) is 0.504. The molecule has 1 fully saturated rings. The Kier molecular flexibility index (Phi) is 5.32. The molecule has 31 heavy (non-hydrogen) atoms. The van der Waals surface area contributed by atoms with E-state index < -0.39 is 23.7 Å². The highest BCUT2D eigenvalue weighted by Crippen LogP contribution is 2.50. The summed E-state index contributed by atoms with van der Waals surface area (Å²) >= 11 is 5.97. The number of benzene rings is 2. The minimum absolute atomic E-state index is 0.0425. The minimum Gasteiger partial charge on any atom is -0.507 e. The van der Waals surface area contributed by atoms with E-state index in [0.717, 1.165) is 22.3 Å². The minimum atomic E-state index is -4.28. The first-order chi connectivity index (χ1) is 14.5. The van der Waals surface area contributed by atoms with Crippen LogP contribution < -0.4 is 0 Å². The number of carbonyl (C=O) groups is 1. The van der Waals surface area contributed by atoms with Gasteiger partial charge in [-0.3, -0.25) is 0 Å². The van der Waals surface area contributed by atoms with Gasteiger partial charge in [0.1, 0.15) is 5.57 Å². The van der Waals surface area contributed by atoms with Crippen LogP contribution in [-0.4, -0.2) is 22.9 Å². The lowest BCUT2D eigenvalue weighted by Gasteiger charge is -2.36. The van der Waals surface area contributed by atoms with Crippen LogP contribution in [-0.2, 0) is 9.53 Å². The number of hydrogen-bond acceptors (Lipinski definition) is 3. The van der Waals surface area contributed by atoms with E-state index >= 15 is 0 Å². The highest BCUT2D eigenvalue weighted by molar-refractivity contribution is 6.30. The third-order valence-electron chi connectivity index (χ3n) is 6.41. The van der Waals surface area contributed by atoms with Gasteiger partial charge < -0.3 is 9.84 Å². The first-order valence-electron chi connectivity index (χ1n) is 10.1. The number of halogens is 4. The summed E-state index contributed by atoms with van der Waals surface area (Å²) in [4.78, 5) is 12.7. The van der Waals surface area contributed by atoms with E-state index in [4.69, 9.17) is 16.3 Å². The van der Waals surface area contributed by atoms with Gasteiger partial charge in [0.25, 0.3) is 0 Å². The fraction of sp³-hybridized carbons (Fsp3) is 0.375. The summed E-state index contributed by atoms with van der Waals surface area (Å²) in [6.07, 6.45) is -4.72. The Morgan fingerprint density at radius 1 is 1.03 bits per heavy atom. The van der Waals surface area contributed by atoms with Crippen molar-refractivity contribution in [2.45, 2.75) is 51.3 Å². The van der Waals surface area contributed by atoms with Crippen molar-refractivity contribution < 1.29 is 27.8 Å². The van der Waals surface area contributed by atoms with E-state index in [9.17, 15) is 23.1 Å². The Labute approximate surface area is 183 Å². The van der Waals surface area contributed by atoms with Gasteiger partial charge in [-0.2, -0.15) is 13.2 Å². The molecule has 0 amide bonds. The van der Waals surface area contributed by atoms with Gasteiger partial charge in [-0.1, -0.05) is 35.9 Å². The van der Waals surface area contributed by atoms with Crippen molar-refractivity contribution in [2.24, 2.45) is 5.92 Å². The van der Waals surface area contributed by atoms with Gasteiger partial charge in [0.05, 0.1) is 5.92 Å². The zero-order valence-electron chi connectivity index (χ0n) is 17.1. The van der Waals surface area contributed by atoms with E-state index in [1.165, 1.54) is 0 Å². The van der Waals surface area contributed by atoms with Gasteiger partial charge in [-0.25, -0.2) is 4.79 Å². The van der Waals surface area contributed by atoms with Gasteiger partial charge in [0.15, 0.2) is 11.4 Å². The van der Waals surface area contributed by atoms with Crippen LogP contribution in [0.1, 0.15) is 42.4 Å². The van der Waals surface area contributed by atoms with Crippen molar-refractivity contribution in [3.05, 3.63) is 63.9 Å². The molecule has 1 N–H and O–H groups in total. The Balaban J connectivity index is 1.70. The summed E-state index contributed by atoms with van der Waals surface area (Å²) < 4.78 is 44.6. The molecule has 1 saturated carbocycles.